The fourth-order valence-electron chi connectivity index (χ4n) is 1.24. The van der Waals surface area contributed by atoms with Gasteiger partial charge >= 0.3 is 0 Å². The molecular formula is C12H9ClN2O. The molecule has 4 heteroatoms. The summed E-state index contributed by atoms with van der Waals surface area (Å²) in [6.45, 7) is 1.80. The summed E-state index contributed by atoms with van der Waals surface area (Å²) in [5.41, 5.74) is 1.29. The smallest absolute Gasteiger partial charge is 0.165 e. The SMILES string of the molecule is Cc1cc(C(=O)CC(C#N)C#N)ccc1Cl. The van der Waals surface area contributed by atoms with Crippen molar-refractivity contribution < 1.29 is 4.79 Å². The Morgan fingerprint density at radius 1 is 1.44 bits per heavy atom. The third-order valence-corrected chi connectivity index (χ3v) is 2.61. The number of carbonyl (C=O) groups is 1. The van der Waals surface area contributed by atoms with Gasteiger partial charge < -0.3 is 0 Å². The Morgan fingerprint density at radius 3 is 2.56 bits per heavy atom. The van der Waals surface area contributed by atoms with Gasteiger partial charge in [-0.15, -0.1) is 0 Å². The van der Waals surface area contributed by atoms with E-state index in [9.17, 15) is 4.79 Å². The maximum absolute atomic E-state index is 11.7. The monoisotopic (exact) mass is 232 g/mol. The average molecular weight is 233 g/mol. The molecule has 0 bridgehead atoms. The second kappa shape index (κ2) is 5.30. The number of carbonyl (C=O) groups excluding carboxylic acids is 1. The number of hydrogen-bond donors (Lipinski definition) is 0. The van der Waals surface area contributed by atoms with E-state index in [4.69, 9.17) is 22.1 Å². The molecule has 0 N–H and O–H groups in total. The van der Waals surface area contributed by atoms with E-state index in [2.05, 4.69) is 0 Å². The van der Waals surface area contributed by atoms with Crippen LogP contribution in [0.1, 0.15) is 22.3 Å². The second-order valence-corrected chi connectivity index (χ2v) is 3.81. The first-order valence-corrected chi connectivity index (χ1v) is 5.05. The Hall–Kier alpha value is -1.84. The number of benzene rings is 1. The number of rotatable bonds is 3. The highest BCUT2D eigenvalue weighted by Crippen LogP contribution is 2.18. The standard InChI is InChI=1S/C12H9ClN2O/c1-8-4-10(2-3-11(8)13)12(16)5-9(6-14)7-15/h2-4,9H,5H2,1H3. The topological polar surface area (TPSA) is 64.7 Å². The van der Waals surface area contributed by atoms with Crippen molar-refractivity contribution in [3.05, 3.63) is 34.3 Å². The molecule has 0 fully saturated rings. The van der Waals surface area contributed by atoms with Crippen molar-refractivity contribution in [1.29, 1.82) is 10.5 Å². The molecule has 16 heavy (non-hydrogen) atoms. The number of hydrogen-bond acceptors (Lipinski definition) is 3. The maximum Gasteiger partial charge on any atom is 0.165 e. The lowest BCUT2D eigenvalue weighted by Gasteiger charge is -2.03. The molecular weight excluding hydrogens is 224 g/mol. The molecule has 0 saturated heterocycles. The number of aryl methyl sites for hydroxylation is 1. The van der Waals surface area contributed by atoms with Gasteiger partial charge in [0.2, 0.25) is 0 Å². The summed E-state index contributed by atoms with van der Waals surface area (Å²) in [4.78, 5) is 11.7. The zero-order valence-electron chi connectivity index (χ0n) is 8.70. The first-order valence-electron chi connectivity index (χ1n) is 4.67. The van der Waals surface area contributed by atoms with Gasteiger partial charge in [0, 0.05) is 17.0 Å². The van der Waals surface area contributed by atoms with Crippen molar-refractivity contribution in [3.63, 3.8) is 0 Å². The van der Waals surface area contributed by atoms with Crippen LogP contribution < -0.4 is 0 Å². The summed E-state index contributed by atoms with van der Waals surface area (Å²) in [6, 6.07) is 8.44. The Labute approximate surface area is 98.9 Å². The molecule has 0 radical (unpaired) electrons. The highest BCUT2D eigenvalue weighted by atomic mass is 35.5. The van der Waals surface area contributed by atoms with Crippen LogP contribution in [0.5, 0.6) is 0 Å². The Balaban J connectivity index is 2.87. The van der Waals surface area contributed by atoms with Gasteiger partial charge in [0.1, 0.15) is 5.92 Å². The Kier molecular flexibility index (Phi) is 4.05. The molecule has 0 saturated carbocycles. The van der Waals surface area contributed by atoms with E-state index in [1.54, 1.807) is 37.3 Å². The molecule has 1 aromatic carbocycles. The molecule has 3 nitrogen and oxygen atoms in total. The van der Waals surface area contributed by atoms with E-state index >= 15 is 0 Å². The molecule has 0 amide bonds. The Bertz CT molecular complexity index is 483. The highest BCUT2D eigenvalue weighted by molar-refractivity contribution is 6.31. The van der Waals surface area contributed by atoms with E-state index in [1.165, 1.54) is 0 Å². The van der Waals surface area contributed by atoms with Gasteiger partial charge in [-0.05, 0) is 30.7 Å². The molecule has 0 heterocycles. The summed E-state index contributed by atoms with van der Waals surface area (Å²) < 4.78 is 0. The minimum atomic E-state index is -0.886. The van der Waals surface area contributed by atoms with E-state index < -0.39 is 5.92 Å². The molecule has 0 aliphatic rings. The quantitative estimate of drug-likeness (QED) is 0.753. The van der Waals surface area contributed by atoms with Gasteiger partial charge in [-0.25, -0.2) is 0 Å². The first-order chi connectivity index (χ1) is 7.58. The molecule has 0 spiro atoms. The predicted molar refractivity (Wildman–Crippen MR) is 59.9 cm³/mol. The minimum absolute atomic E-state index is 0.0753. The Morgan fingerprint density at radius 2 is 2.06 bits per heavy atom. The second-order valence-electron chi connectivity index (χ2n) is 3.40. The molecule has 0 aliphatic carbocycles. The van der Waals surface area contributed by atoms with Crippen LogP contribution in [0.3, 0.4) is 0 Å². The number of nitrogens with zero attached hydrogens (tertiary/aromatic N) is 2. The van der Waals surface area contributed by atoms with Crippen LogP contribution in [0.2, 0.25) is 5.02 Å². The van der Waals surface area contributed by atoms with Crippen molar-refractivity contribution in [2.75, 3.05) is 0 Å². The number of nitriles is 2. The van der Waals surface area contributed by atoms with Crippen LogP contribution in [-0.2, 0) is 0 Å². The van der Waals surface area contributed by atoms with Gasteiger partial charge in [-0.3, -0.25) is 4.79 Å². The van der Waals surface area contributed by atoms with Crippen LogP contribution in [0.4, 0.5) is 0 Å². The van der Waals surface area contributed by atoms with Crippen molar-refractivity contribution in [1.82, 2.24) is 0 Å². The van der Waals surface area contributed by atoms with Crippen LogP contribution in [0.15, 0.2) is 18.2 Å². The molecule has 1 aromatic rings. The molecule has 0 aromatic heterocycles. The van der Waals surface area contributed by atoms with Gasteiger partial charge in [-0.2, -0.15) is 10.5 Å². The summed E-state index contributed by atoms with van der Waals surface area (Å²) in [7, 11) is 0. The number of halogens is 1. The zero-order valence-corrected chi connectivity index (χ0v) is 9.45. The van der Waals surface area contributed by atoms with Gasteiger partial charge in [0.15, 0.2) is 5.78 Å². The van der Waals surface area contributed by atoms with E-state index in [0.717, 1.165) is 5.56 Å². The van der Waals surface area contributed by atoms with Crippen molar-refractivity contribution >= 4 is 17.4 Å². The predicted octanol–water partition coefficient (Wildman–Crippen LogP) is 2.88. The normalized spacial score (nSPS) is 9.56. The van der Waals surface area contributed by atoms with E-state index in [1.807, 2.05) is 0 Å². The zero-order chi connectivity index (χ0) is 12.1. The largest absolute Gasteiger partial charge is 0.294 e. The van der Waals surface area contributed by atoms with Crippen LogP contribution >= 0.6 is 11.6 Å². The fourth-order valence-corrected chi connectivity index (χ4v) is 1.36. The van der Waals surface area contributed by atoms with Gasteiger partial charge in [0.25, 0.3) is 0 Å². The van der Waals surface area contributed by atoms with E-state index in [0.29, 0.717) is 10.6 Å². The molecule has 0 aliphatic heterocycles. The lowest BCUT2D eigenvalue weighted by atomic mass is 9.99. The van der Waals surface area contributed by atoms with Crippen LogP contribution in [0.25, 0.3) is 0 Å². The minimum Gasteiger partial charge on any atom is -0.294 e. The van der Waals surface area contributed by atoms with Gasteiger partial charge in [-0.1, -0.05) is 11.6 Å². The molecule has 0 unspecified atom stereocenters. The highest BCUT2D eigenvalue weighted by Gasteiger charge is 2.14. The number of Topliss-reactive ketones (excluding diaryl/α,β-unsaturated/α-hetero) is 1. The summed E-state index contributed by atoms with van der Waals surface area (Å²) in [5, 5.41) is 17.7. The average Bonchev–Trinajstić information content (AvgIpc) is 2.29. The van der Waals surface area contributed by atoms with Crippen molar-refractivity contribution in [2.24, 2.45) is 5.92 Å². The molecule has 1 rings (SSSR count). The van der Waals surface area contributed by atoms with Crippen molar-refractivity contribution in [3.8, 4) is 12.1 Å². The third kappa shape index (κ3) is 2.82. The first kappa shape index (κ1) is 12.2. The fraction of sp³-hybridized carbons (Fsp3) is 0.250. The number of ketones is 1. The summed E-state index contributed by atoms with van der Waals surface area (Å²) in [5.74, 6) is -1.10. The third-order valence-electron chi connectivity index (χ3n) is 2.18. The van der Waals surface area contributed by atoms with Crippen molar-refractivity contribution in [2.45, 2.75) is 13.3 Å². The molecule has 0 atom stereocenters. The summed E-state index contributed by atoms with van der Waals surface area (Å²) >= 11 is 5.83. The van der Waals surface area contributed by atoms with Crippen LogP contribution in [0, 0.1) is 35.5 Å². The summed E-state index contributed by atoms with van der Waals surface area (Å²) in [6.07, 6.45) is -0.0753. The lowest BCUT2D eigenvalue weighted by Crippen LogP contribution is -2.05. The van der Waals surface area contributed by atoms with E-state index in [-0.39, 0.29) is 12.2 Å². The maximum atomic E-state index is 11.7. The lowest BCUT2D eigenvalue weighted by molar-refractivity contribution is 0.0976. The van der Waals surface area contributed by atoms with Crippen LogP contribution in [-0.4, -0.2) is 5.78 Å². The molecule has 80 valence electrons. The van der Waals surface area contributed by atoms with Gasteiger partial charge in [0.05, 0.1) is 12.1 Å².